The summed E-state index contributed by atoms with van der Waals surface area (Å²) in [6, 6.07) is 5.37. The molecule has 1 aromatic carbocycles. The highest BCUT2D eigenvalue weighted by molar-refractivity contribution is 5.84. The molecule has 88 valence electrons. The van der Waals surface area contributed by atoms with Crippen LogP contribution in [0.25, 0.3) is 5.69 Å². The number of nitrogens with one attached hydrogen (secondary N) is 1. The molecule has 0 aliphatic rings. The maximum absolute atomic E-state index is 12.8. The van der Waals surface area contributed by atoms with Gasteiger partial charge in [-0.2, -0.15) is 0 Å². The van der Waals surface area contributed by atoms with E-state index in [2.05, 4.69) is 15.5 Å². The molecule has 0 spiro atoms. The summed E-state index contributed by atoms with van der Waals surface area (Å²) in [6.45, 7) is 0. The zero-order chi connectivity index (χ0) is 12.4. The molecule has 0 radical (unpaired) electrons. The van der Waals surface area contributed by atoms with Gasteiger partial charge in [-0.05, 0) is 24.3 Å². The quantitative estimate of drug-likeness (QED) is 0.835. The molecule has 7 heteroatoms. The molecule has 0 saturated heterocycles. The van der Waals surface area contributed by atoms with Crippen molar-refractivity contribution in [1.82, 2.24) is 14.8 Å². The number of aromatic carboxylic acids is 1. The maximum Gasteiger partial charge on any atom is 0.374 e. The lowest BCUT2D eigenvalue weighted by Gasteiger charge is -2.07. The third-order valence-electron chi connectivity index (χ3n) is 2.16. The van der Waals surface area contributed by atoms with Crippen LogP contribution in [0.3, 0.4) is 0 Å². The van der Waals surface area contributed by atoms with Gasteiger partial charge in [0.1, 0.15) is 5.82 Å². The summed E-state index contributed by atoms with van der Waals surface area (Å²) in [5.74, 6) is -1.57. The van der Waals surface area contributed by atoms with E-state index < -0.39 is 11.8 Å². The average Bonchev–Trinajstić information content (AvgIpc) is 2.73. The van der Waals surface area contributed by atoms with Gasteiger partial charge in [-0.3, -0.25) is 4.57 Å². The van der Waals surface area contributed by atoms with Crippen molar-refractivity contribution in [3.8, 4) is 5.69 Å². The second-order valence-corrected chi connectivity index (χ2v) is 3.21. The minimum absolute atomic E-state index is 0.235. The van der Waals surface area contributed by atoms with E-state index in [4.69, 9.17) is 5.11 Å². The first-order valence-electron chi connectivity index (χ1n) is 4.76. The van der Waals surface area contributed by atoms with Crippen LogP contribution in [0.15, 0.2) is 24.3 Å². The molecule has 0 aliphatic carbocycles. The molecule has 0 amide bonds. The summed E-state index contributed by atoms with van der Waals surface area (Å²) in [4.78, 5) is 11.0. The van der Waals surface area contributed by atoms with Crippen molar-refractivity contribution in [2.75, 3.05) is 12.4 Å². The number of hydrogen-bond donors (Lipinski definition) is 2. The van der Waals surface area contributed by atoms with Gasteiger partial charge in [0.05, 0.1) is 5.69 Å². The van der Waals surface area contributed by atoms with E-state index in [1.165, 1.54) is 28.8 Å². The van der Waals surface area contributed by atoms with E-state index >= 15 is 0 Å². The normalized spacial score (nSPS) is 10.2. The largest absolute Gasteiger partial charge is 0.475 e. The molecule has 0 aliphatic heterocycles. The predicted molar refractivity (Wildman–Crippen MR) is 57.8 cm³/mol. The number of carbonyl (C=O) groups is 1. The van der Waals surface area contributed by atoms with Crippen molar-refractivity contribution in [3.63, 3.8) is 0 Å². The van der Waals surface area contributed by atoms with Gasteiger partial charge in [-0.25, -0.2) is 9.18 Å². The van der Waals surface area contributed by atoms with Gasteiger partial charge < -0.3 is 10.4 Å². The standard InChI is InChI=1S/C10H9FN4O2/c1-12-10-14-13-8(9(16)17)15(10)7-4-2-6(11)3-5-7/h2-5H,1H3,(H,12,14)(H,16,17). The molecule has 17 heavy (non-hydrogen) atoms. The van der Waals surface area contributed by atoms with Crippen molar-refractivity contribution in [2.24, 2.45) is 0 Å². The fourth-order valence-corrected chi connectivity index (χ4v) is 1.42. The van der Waals surface area contributed by atoms with Crippen LogP contribution in [-0.2, 0) is 0 Å². The Kier molecular flexibility index (Phi) is 2.73. The number of hydrogen-bond acceptors (Lipinski definition) is 4. The summed E-state index contributed by atoms with van der Waals surface area (Å²) < 4.78 is 14.1. The minimum atomic E-state index is -1.21. The van der Waals surface area contributed by atoms with Gasteiger partial charge in [-0.15, -0.1) is 10.2 Å². The number of nitrogens with zero attached hydrogens (tertiary/aromatic N) is 3. The van der Waals surface area contributed by atoms with Crippen molar-refractivity contribution in [3.05, 3.63) is 35.9 Å². The molecule has 0 fully saturated rings. The molecule has 0 bridgehead atoms. The number of halogens is 1. The van der Waals surface area contributed by atoms with E-state index in [0.717, 1.165) is 0 Å². The Morgan fingerprint density at radius 3 is 2.53 bits per heavy atom. The number of carboxylic acid groups (broad SMARTS) is 1. The Hall–Kier alpha value is -2.44. The van der Waals surface area contributed by atoms with Crippen LogP contribution in [0.2, 0.25) is 0 Å². The van der Waals surface area contributed by atoms with Gasteiger partial charge in [0.15, 0.2) is 0 Å². The van der Waals surface area contributed by atoms with Crippen LogP contribution in [-0.4, -0.2) is 32.9 Å². The molecule has 0 unspecified atom stereocenters. The number of aromatic nitrogens is 3. The van der Waals surface area contributed by atoms with Crippen LogP contribution in [0.4, 0.5) is 10.3 Å². The van der Waals surface area contributed by atoms with Crippen LogP contribution in [0.1, 0.15) is 10.6 Å². The maximum atomic E-state index is 12.8. The van der Waals surface area contributed by atoms with E-state index in [9.17, 15) is 9.18 Å². The number of benzene rings is 1. The zero-order valence-corrected chi connectivity index (χ0v) is 8.88. The van der Waals surface area contributed by atoms with Crippen molar-refractivity contribution >= 4 is 11.9 Å². The number of carboxylic acids is 1. The Bertz CT molecular complexity index is 550. The first-order chi connectivity index (χ1) is 8.13. The van der Waals surface area contributed by atoms with E-state index in [0.29, 0.717) is 5.69 Å². The van der Waals surface area contributed by atoms with Crippen molar-refractivity contribution < 1.29 is 14.3 Å². The van der Waals surface area contributed by atoms with Gasteiger partial charge in [0.25, 0.3) is 0 Å². The lowest BCUT2D eigenvalue weighted by Crippen LogP contribution is -2.10. The number of rotatable bonds is 3. The molecular weight excluding hydrogens is 227 g/mol. The summed E-state index contributed by atoms with van der Waals surface area (Å²) in [5.41, 5.74) is 0.471. The van der Waals surface area contributed by atoms with Gasteiger partial charge in [0, 0.05) is 7.05 Å². The van der Waals surface area contributed by atoms with Crippen LogP contribution < -0.4 is 5.32 Å². The summed E-state index contributed by atoms with van der Waals surface area (Å²) >= 11 is 0. The van der Waals surface area contributed by atoms with Crippen molar-refractivity contribution in [1.29, 1.82) is 0 Å². The van der Waals surface area contributed by atoms with Crippen LogP contribution in [0.5, 0.6) is 0 Å². The highest BCUT2D eigenvalue weighted by atomic mass is 19.1. The SMILES string of the molecule is CNc1nnc(C(=O)O)n1-c1ccc(F)cc1. The highest BCUT2D eigenvalue weighted by Gasteiger charge is 2.18. The molecule has 0 saturated carbocycles. The monoisotopic (exact) mass is 236 g/mol. The average molecular weight is 236 g/mol. The van der Waals surface area contributed by atoms with E-state index in [1.807, 2.05) is 0 Å². The highest BCUT2D eigenvalue weighted by Crippen LogP contribution is 2.16. The topological polar surface area (TPSA) is 80.0 Å². The zero-order valence-electron chi connectivity index (χ0n) is 8.88. The van der Waals surface area contributed by atoms with Crippen molar-refractivity contribution in [2.45, 2.75) is 0 Å². The summed E-state index contributed by atoms with van der Waals surface area (Å²) in [7, 11) is 1.59. The molecule has 2 rings (SSSR count). The third-order valence-corrected chi connectivity index (χ3v) is 2.16. The lowest BCUT2D eigenvalue weighted by atomic mass is 10.3. The van der Waals surface area contributed by atoms with Crippen LogP contribution >= 0.6 is 0 Å². The lowest BCUT2D eigenvalue weighted by molar-refractivity contribution is 0.0681. The molecular formula is C10H9FN4O2. The molecule has 2 N–H and O–H groups in total. The molecule has 6 nitrogen and oxygen atoms in total. The molecule has 2 aromatic rings. The second-order valence-electron chi connectivity index (χ2n) is 3.21. The Labute approximate surface area is 95.7 Å². The second kappa shape index (κ2) is 4.20. The predicted octanol–water partition coefficient (Wildman–Crippen LogP) is 1.15. The Morgan fingerprint density at radius 2 is 2.00 bits per heavy atom. The number of anilines is 1. The van der Waals surface area contributed by atoms with Gasteiger partial charge >= 0.3 is 5.97 Å². The fourth-order valence-electron chi connectivity index (χ4n) is 1.42. The van der Waals surface area contributed by atoms with E-state index in [1.54, 1.807) is 7.05 Å². The first-order valence-corrected chi connectivity index (χ1v) is 4.76. The smallest absolute Gasteiger partial charge is 0.374 e. The summed E-state index contributed by atoms with van der Waals surface area (Å²) in [6.07, 6.45) is 0. The van der Waals surface area contributed by atoms with Gasteiger partial charge in [0.2, 0.25) is 11.8 Å². The Morgan fingerprint density at radius 1 is 1.35 bits per heavy atom. The minimum Gasteiger partial charge on any atom is -0.475 e. The molecule has 1 heterocycles. The fraction of sp³-hybridized carbons (Fsp3) is 0.100. The first kappa shape index (κ1) is 11.1. The molecule has 1 aromatic heterocycles. The summed E-state index contributed by atoms with van der Waals surface area (Å²) in [5, 5.41) is 18.9. The molecule has 0 atom stereocenters. The third kappa shape index (κ3) is 1.94. The van der Waals surface area contributed by atoms with Crippen LogP contribution in [0, 0.1) is 5.82 Å². The Balaban J connectivity index is 2.59. The van der Waals surface area contributed by atoms with E-state index in [-0.39, 0.29) is 11.8 Å². The van der Waals surface area contributed by atoms with Gasteiger partial charge in [-0.1, -0.05) is 0 Å².